The summed E-state index contributed by atoms with van der Waals surface area (Å²) in [4.78, 5) is 22.1. The zero-order chi connectivity index (χ0) is 12.4. The van der Waals surface area contributed by atoms with Crippen molar-refractivity contribution in [3.8, 4) is 0 Å². The molecule has 0 aliphatic carbocycles. The smallest absolute Gasteiger partial charge is 0.333 e. The monoisotopic (exact) mass is 228 g/mol. The van der Waals surface area contributed by atoms with Gasteiger partial charge in [0.25, 0.3) is 0 Å². The van der Waals surface area contributed by atoms with Crippen LogP contribution in [0.1, 0.15) is 39.5 Å². The molecule has 16 heavy (non-hydrogen) atoms. The molecular formula is C12H20O4. The lowest BCUT2D eigenvalue weighted by Crippen LogP contribution is -2.10. The van der Waals surface area contributed by atoms with Crippen LogP contribution < -0.4 is 0 Å². The molecule has 0 aromatic carbocycles. The van der Waals surface area contributed by atoms with Crippen molar-refractivity contribution >= 4 is 11.9 Å². The van der Waals surface area contributed by atoms with Crippen molar-refractivity contribution in [2.75, 3.05) is 13.2 Å². The van der Waals surface area contributed by atoms with Crippen LogP contribution in [0.25, 0.3) is 0 Å². The molecular weight excluding hydrogens is 208 g/mol. The molecule has 0 radical (unpaired) electrons. The molecule has 0 rings (SSSR count). The van der Waals surface area contributed by atoms with Crippen molar-refractivity contribution in [3.63, 3.8) is 0 Å². The van der Waals surface area contributed by atoms with E-state index in [2.05, 4.69) is 6.58 Å². The van der Waals surface area contributed by atoms with Crippen LogP contribution in [0.5, 0.6) is 0 Å². The van der Waals surface area contributed by atoms with E-state index in [4.69, 9.17) is 9.47 Å². The second kappa shape index (κ2) is 8.95. The molecule has 0 atom stereocenters. The van der Waals surface area contributed by atoms with Crippen molar-refractivity contribution in [2.24, 2.45) is 0 Å². The van der Waals surface area contributed by atoms with E-state index in [1.807, 2.05) is 6.92 Å². The van der Waals surface area contributed by atoms with Gasteiger partial charge < -0.3 is 9.47 Å². The zero-order valence-corrected chi connectivity index (χ0v) is 10.1. The van der Waals surface area contributed by atoms with Crippen molar-refractivity contribution in [2.45, 2.75) is 39.5 Å². The Morgan fingerprint density at radius 2 is 1.75 bits per heavy atom. The first kappa shape index (κ1) is 14.7. The van der Waals surface area contributed by atoms with E-state index in [1.165, 1.54) is 0 Å². The topological polar surface area (TPSA) is 52.6 Å². The van der Waals surface area contributed by atoms with E-state index in [0.717, 1.165) is 12.8 Å². The summed E-state index contributed by atoms with van der Waals surface area (Å²) < 4.78 is 9.77. The molecule has 0 heterocycles. The summed E-state index contributed by atoms with van der Waals surface area (Å²) in [6.07, 6.45) is 2.66. The minimum Gasteiger partial charge on any atom is -0.466 e. The van der Waals surface area contributed by atoms with Gasteiger partial charge in [0.2, 0.25) is 0 Å². The Kier molecular flexibility index (Phi) is 8.21. The standard InChI is InChI=1S/C12H20O4/c1-4-5-8-15-11(13)7-6-9-16-12(14)10(2)3/h2,4-9H2,1,3H3. The molecule has 0 amide bonds. The maximum atomic E-state index is 11.1. The summed E-state index contributed by atoms with van der Waals surface area (Å²) in [5.74, 6) is -0.654. The van der Waals surface area contributed by atoms with Gasteiger partial charge in [-0.2, -0.15) is 0 Å². The maximum absolute atomic E-state index is 11.1. The molecule has 0 saturated heterocycles. The molecule has 4 nitrogen and oxygen atoms in total. The summed E-state index contributed by atoms with van der Waals surface area (Å²) in [5, 5.41) is 0. The average molecular weight is 228 g/mol. The van der Waals surface area contributed by atoms with Gasteiger partial charge in [0.05, 0.1) is 13.2 Å². The van der Waals surface area contributed by atoms with E-state index < -0.39 is 5.97 Å². The molecule has 0 aliphatic rings. The van der Waals surface area contributed by atoms with E-state index in [9.17, 15) is 9.59 Å². The third-order valence-electron chi connectivity index (χ3n) is 1.87. The molecule has 0 N–H and O–H groups in total. The van der Waals surface area contributed by atoms with E-state index in [1.54, 1.807) is 6.92 Å². The Balaban J connectivity index is 3.41. The van der Waals surface area contributed by atoms with Gasteiger partial charge in [-0.05, 0) is 19.8 Å². The number of hydrogen-bond acceptors (Lipinski definition) is 4. The highest BCUT2D eigenvalue weighted by Crippen LogP contribution is 1.98. The van der Waals surface area contributed by atoms with Crippen LogP contribution in [-0.2, 0) is 19.1 Å². The van der Waals surface area contributed by atoms with E-state index in [0.29, 0.717) is 18.6 Å². The molecule has 0 fully saturated rings. The number of esters is 2. The molecule has 0 aromatic rings. The van der Waals surface area contributed by atoms with Crippen LogP contribution in [0, 0.1) is 0 Å². The van der Waals surface area contributed by atoms with Crippen molar-refractivity contribution in [1.82, 2.24) is 0 Å². The summed E-state index contributed by atoms with van der Waals surface area (Å²) in [7, 11) is 0. The Morgan fingerprint density at radius 3 is 2.31 bits per heavy atom. The highest BCUT2D eigenvalue weighted by atomic mass is 16.5. The van der Waals surface area contributed by atoms with E-state index >= 15 is 0 Å². The predicted octanol–water partition coefficient (Wildman–Crippen LogP) is 2.23. The summed E-state index contributed by atoms with van der Waals surface area (Å²) in [5.41, 5.74) is 0.366. The fraction of sp³-hybridized carbons (Fsp3) is 0.667. The summed E-state index contributed by atoms with van der Waals surface area (Å²) in [6, 6.07) is 0. The predicted molar refractivity (Wildman–Crippen MR) is 60.9 cm³/mol. The van der Waals surface area contributed by atoms with Gasteiger partial charge in [-0.15, -0.1) is 0 Å². The molecule has 92 valence electrons. The average Bonchev–Trinajstić information content (AvgIpc) is 2.24. The van der Waals surface area contributed by atoms with Crippen molar-refractivity contribution < 1.29 is 19.1 Å². The minimum atomic E-state index is -0.417. The SMILES string of the molecule is C=C(C)C(=O)OCCCC(=O)OCCCC. The molecule has 0 saturated carbocycles. The zero-order valence-electron chi connectivity index (χ0n) is 10.1. The lowest BCUT2D eigenvalue weighted by atomic mass is 10.3. The van der Waals surface area contributed by atoms with Gasteiger partial charge in [0.1, 0.15) is 0 Å². The van der Waals surface area contributed by atoms with Gasteiger partial charge in [0, 0.05) is 12.0 Å². The maximum Gasteiger partial charge on any atom is 0.333 e. The molecule has 0 unspecified atom stereocenters. The first-order valence-corrected chi connectivity index (χ1v) is 5.56. The number of carbonyl (C=O) groups excluding carboxylic acids is 2. The Labute approximate surface area is 96.6 Å². The molecule has 0 aromatic heterocycles. The lowest BCUT2D eigenvalue weighted by molar-refractivity contribution is -0.146. The van der Waals surface area contributed by atoms with Gasteiger partial charge in [-0.25, -0.2) is 4.79 Å². The normalized spacial score (nSPS) is 9.62. The third kappa shape index (κ3) is 8.03. The molecule has 0 spiro atoms. The largest absolute Gasteiger partial charge is 0.466 e. The number of unbranched alkanes of at least 4 members (excludes halogenated alkanes) is 1. The molecule has 0 aliphatic heterocycles. The second-order valence-corrected chi connectivity index (χ2v) is 3.59. The van der Waals surface area contributed by atoms with Crippen LogP contribution in [-0.4, -0.2) is 25.2 Å². The summed E-state index contributed by atoms with van der Waals surface area (Å²) in [6.45, 7) is 7.77. The van der Waals surface area contributed by atoms with Gasteiger partial charge in [0.15, 0.2) is 0 Å². The van der Waals surface area contributed by atoms with Gasteiger partial charge in [-0.1, -0.05) is 19.9 Å². The van der Waals surface area contributed by atoms with Crippen molar-refractivity contribution in [3.05, 3.63) is 12.2 Å². The van der Waals surface area contributed by atoms with Crippen LogP contribution in [0.15, 0.2) is 12.2 Å². The second-order valence-electron chi connectivity index (χ2n) is 3.59. The fourth-order valence-corrected chi connectivity index (χ4v) is 0.907. The quantitative estimate of drug-likeness (QED) is 0.363. The Bertz CT molecular complexity index is 245. The van der Waals surface area contributed by atoms with E-state index in [-0.39, 0.29) is 19.0 Å². The lowest BCUT2D eigenvalue weighted by Gasteiger charge is -2.05. The highest BCUT2D eigenvalue weighted by Gasteiger charge is 2.05. The van der Waals surface area contributed by atoms with Crippen LogP contribution in [0.3, 0.4) is 0 Å². The number of rotatable bonds is 8. The first-order chi connectivity index (χ1) is 7.57. The molecule has 4 heteroatoms. The van der Waals surface area contributed by atoms with Gasteiger partial charge in [-0.3, -0.25) is 4.79 Å². The van der Waals surface area contributed by atoms with Gasteiger partial charge >= 0.3 is 11.9 Å². The van der Waals surface area contributed by atoms with Crippen LogP contribution in [0.2, 0.25) is 0 Å². The molecule has 0 bridgehead atoms. The van der Waals surface area contributed by atoms with Crippen LogP contribution in [0.4, 0.5) is 0 Å². The highest BCUT2D eigenvalue weighted by molar-refractivity contribution is 5.86. The fourth-order valence-electron chi connectivity index (χ4n) is 0.907. The number of carbonyl (C=O) groups is 2. The summed E-state index contributed by atoms with van der Waals surface area (Å²) >= 11 is 0. The number of ether oxygens (including phenoxy) is 2. The number of hydrogen-bond donors (Lipinski definition) is 0. The minimum absolute atomic E-state index is 0.231. The van der Waals surface area contributed by atoms with Crippen LogP contribution >= 0.6 is 0 Å². The van der Waals surface area contributed by atoms with Crippen molar-refractivity contribution in [1.29, 1.82) is 0 Å². The first-order valence-electron chi connectivity index (χ1n) is 5.56. The Hall–Kier alpha value is -1.32. The Morgan fingerprint density at radius 1 is 1.12 bits per heavy atom. The third-order valence-corrected chi connectivity index (χ3v) is 1.87.